The Bertz CT molecular complexity index is 525. The number of amides is 1. The SMILES string of the molecule is CCCNc1ccncc1C(=O)NCc1ccon1. The van der Waals surface area contributed by atoms with Crippen molar-refractivity contribution in [3.8, 4) is 0 Å². The molecule has 2 N–H and O–H groups in total. The van der Waals surface area contributed by atoms with Crippen LogP contribution in [0.25, 0.3) is 0 Å². The van der Waals surface area contributed by atoms with E-state index < -0.39 is 0 Å². The van der Waals surface area contributed by atoms with Crippen molar-refractivity contribution in [1.29, 1.82) is 0 Å². The van der Waals surface area contributed by atoms with Gasteiger partial charge < -0.3 is 15.2 Å². The molecule has 0 radical (unpaired) electrons. The van der Waals surface area contributed by atoms with Crippen LogP contribution in [0, 0.1) is 0 Å². The molecule has 2 aromatic rings. The third-order valence-electron chi connectivity index (χ3n) is 2.55. The van der Waals surface area contributed by atoms with E-state index in [4.69, 9.17) is 4.52 Å². The number of hydrogen-bond acceptors (Lipinski definition) is 5. The zero-order valence-electron chi connectivity index (χ0n) is 10.7. The van der Waals surface area contributed by atoms with Crippen molar-refractivity contribution in [3.63, 3.8) is 0 Å². The smallest absolute Gasteiger partial charge is 0.255 e. The van der Waals surface area contributed by atoms with Crippen molar-refractivity contribution in [1.82, 2.24) is 15.5 Å². The normalized spacial score (nSPS) is 10.2. The summed E-state index contributed by atoms with van der Waals surface area (Å²) in [7, 11) is 0. The molecule has 0 unspecified atom stereocenters. The number of nitrogens with zero attached hydrogens (tertiary/aromatic N) is 2. The van der Waals surface area contributed by atoms with Crippen molar-refractivity contribution < 1.29 is 9.32 Å². The molecule has 0 aromatic carbocycles. The molecule has 0 aliphatic rings. The molecule has 1 amide bonds. The second-order valence-electron chi connectivity index (χ2n) is 4.02. The van der Waals surface area contributed by atoms with E-state index in [0.29, 0.717) is 17.8 Å². The second kappa shape index (κ2) is 6.53. The lowest BCUT2D eigenvalue weighted by Crippen LogP contribution is -2.24. The highest BCUT2D eigenvalue weighted by Crippen LogP contribution is 2.13. The van der Waals surface area contributed by atoms with Gasteiger partial charge in [0.25, 0.3) is 5.91 Å². The van der Waals surface area contributed by atoms with Crippen molar-refractivity contribution in [2.24, 2.45) is 0 Å². The molecule has 0 bridgehead atoms. The average molecular weight is 260 g/mol. The van der Waals surface area contributed by atoms with Gasteiger partial charge in [0.05, 0.1) is 17.8 Å². The Balaban J connectivity index is 2.01. The lowest BCUT2D eigenvalue weighted by atomic mass is 10.2. The van der Waals surface area contributed by atoms with E-state index in [2.05, 4.69) is 27.7 Å². The lowest BCUT2D eigenvalue weighted by molar-refractivity contribution is 0.0950. The number of aromatic nitrogens is 2. The maximum Gasteiger partial charge on any atom is 0.255 e. The first-order valence-electron chi connectivity index (χ1n) is 6.16. The molecular weight excluding hydrogens is 244 g/mol. The zero-order chi connectivity index (χ0) is 13.5. The molecular formula is C13H16N4O2. The maximum atomic E-state index is 12.1. The van der Waals surface area contributed by atoms with Crippen molar-refractivity contribution in [2.45, 2.75) is 19.9 Å². The molecule has 2 heterocycles. The van der Waals surface area contributed by atoms with Gasteiger partial charge in [-0.15, -0.1) is 0 Å². The summed E-state index contributed by atoms with van der Waals surface area (Å²) in [5, 5.41) is 9.71. The zero-order valence-corrected chi connectivity index (χ0v) is 10.7. The van der Waals surface area contributed by atoms with Gasteiger partial charge in [-0.05, 0) is 12.5 Å². The van der Waals surface area contributed by atoms with Crippen LogP contribution in [0.3, 0.4) is 0 Å². The number of rotatable bonds is 6. The van der Waals surface area contributed by atoms with E-state index in [1.807, 2.05) is 0 Å². The highest BCUT2D eigenvalue weighted by atomic mass is 16.5. The Morgan fingerprint density at radius 1 is 1.42 bits per heavy atom. The fraction of sp³-hybridized carbons (Fsp3) is 0.308. The first-order chi connectivity index (χ1) is 9.31. The summed E-state index contributed by atoms with van der Waals surface area (Å²) in [4.78, 5) is 16.1. The van der Waals surface area contributed by atoms with Gasteiger partial charge in [0.15, 0.2) is 0 Å². The Morgan fingerprint density at radius 3 is 3.05 bits per heavy atom. The fourth-order valence-electron chi connectivity index (χ4n) is 1.58. The lowest BCUT2D eigenvalue weighted by Gasteiger charge is -2.10. The number of pyridine rings is 1. The van der Waals surface area contributed by atoms with Gasteiger partial charge in [0.1, 0.15) is 12.0 Å². The average Bonchev–Trinajstić information content (AvgIpc) is 2.96. The van der Waals surface area contributed by atoms with Crippen LogP contribution in [-0.4, -0.2) is 22.6 Å². The Hall–Kier alpha value is -2.37. The van der Waals surface area contributed by atoms with E-state index in [9.17, 15) is 4.79 Å². The molecule has 100 valence electrons. The molecule has 0 aliphatic heterocycles. The third kappa shape index (κ3) is 3.54. The molecule has 6 heteroatoms. The minimum absolute atomic E-state index is 0.185. The van der Waals surface area contributed by atoms with E-state index in [0.717, 1.165) is 18.7 Å². The Labute approximate surface area is 111 Å². The van der Waals surface area contributed by atoms with E-state index >= 15 is 0 Å². The van der Waals surface area contributed by atoms with Crippen LogP contribution >= 0.6 is 0 Å². The third-order valence-corrected chi connectivity index (χ3v) is 2.55. The van der Waals surface area contributed by atoms with E-state index in [1.54, 1.807) is 24.5 Å². The van der Waals surface area contributed by atoms with Crippen molar-refractivity contribution in [2.75, 3.05) is 11.9 Å². The largest absolute Gasteiger partial charge is 0.384 e. The molecule has 6 nitrogen and oxygen atoms in total. The molecule has 19 heavy (non-hydrogen) atoms. The minimum Gasteiger partial charge on any atom is -0.384 e. The fourth-order valence-corrected chi connectivity index (χ4v) is 1.58. The summed E-state index contributed by atoms with van der Waals surface area (Å²) in [5.41, 5.74) is 1.99. The van der Waals surface area contributed by atoms with Gasteiger partial charge in [-0.2, -0.15) is 0 Å². The summed E-state index contributed by atoms with van der Waals surface area (Å²) < 4.78 is 4.70. The summed E-state index contributed by atoms with van der Waals surface area (Å²) in [6.07, 6.45) is 5.67. The van der Waals surface area contributed by atoms with Crippen LogP contribution in [0.15, 0.2) is 35.3 Å². The number of hydrogen-bond donors (Lipinski definition) is 2. The first kappa shape index (κ1) is 13.1. The Kier molecular flexibility index (Phi) is 4.49. The van der Waals surface area contributed by atoms with Gasteiger partial charge in [-0.25, -0.2) is 0 Å². The van der Waals surface area contributed by atoms with Crippen molar-refractivity contribution in [3.05, 3.63) is 42.0 Å². The van der Waals surface area contributed by atoms with Gasteiger partial charge >= 0.3 is 0 Å². The standard InChI is InChI=1S/C13H16N4O2/c1-2-5-15-12-3-6-14-9-11(12)13(18)16-8-10-4-7-19-17-10/h3-4,6-7,9H,2,5,8H2,1H3,(H,14,15)(H,16,18). The second-order valence-corrected chi connectivity index (χ2v) is 4.02. The molecule has 0 saturated heterocycles. The van der Waals surface area contributed by atoms with Crippen LogP contribution in [0.2, 0.25) is 0 Å². The molecule has 0 saturated carbocycles. The van der Waals surface area contributed by atoms with Gasteiger partial charge in [0, 0.05) is 25.0 Å². The van der Waals surface area contributed by atoms with E-state index in [1.165, 1.54) is 6.26 Å². The molecule has 2 aromatic heterocycles. The van der Waals surface area contributed by atoms with Gasteiger partial charge in [0.2, 0.25) is 0 Å². The van der Waals surface area contributed by atoms with Crippen LogP contribution in [-0.2, 0) is 6.54 Å². The monoisotopic (exact) mass is 260 g/mol. The summed E-state index contributed by atoms with van der Waals surface area (Å²) in [6.45, 7) is 3.21. The Morgan fingerprint density at radius 2 is 2.32 bits per heavy atom. The maximum absolute atomic E-state index is 12.1. The first-order valence-corrected chi connectivity index (χ1v) is 6.16. The minimum atomic E-state index is -0.185. The quantitative estimate of drug-likeness (QED) is 0.828. The van der Waals surface area contributed by atoms with Crippen LogP contribution in [0.5, 0.6) is 0 Å². The van der Waals surface area contributed by atoms with Gasteiger partial charge in [-0.1, -0.05) is 12.1 Å². The van der Waals surface area contributed by atoms with Crippen LogP contribution < -0.4 is 10.6 Å². The highest BCUT2D eigenvalue weighted by molar-refractivity contribution is 5.99. The highest BCUT2D eigenvalue weighted by Gasteiger charge is 2.11. The molecule has 2 rings (SSSR count). The number of carbonyl (C=O) groups excluding carboxylic acids is 1. The molecule has 0 spiro atoms. The summed E-state index contributed by atoms with van der Waals surface area (Å²) in [5.74, 6) is -0.185. The van der Waals surface area contributed by atoms with Gasteiger partial charge in [-0.3, -0.25) is 9.78 Å². The number of nitrogens with one attached hydrogen (secondary N) is 2. The molecule has 0 atom stereocenters. The molecule has 0 aliphatic carbocycles. The topological polar surface area (TPSA) is 80.0 Å². The summed E-state index contributed by atoms with van der Waals surface area (Å²) in [6, 6.07) is 3.50. The predicted molar refractivity (Wildman–Crippen MR) is 70.7 cm³/mol. The van der Waals surface area contributed by atoms with Crippen molar-refractivity contribution >= 4 is 11.6 Å². The summed E-state index contributed by atoms with van der Waals surface area (Å²) >= 11 is 0. The van der Waals surface area contributed by atoms with E-state index in [-0.39, 0.29) is 5.91 Å². The van der Waals surface area contributed by atoms with Crippen LogP contribution in [0.4, 0.5) is 5.69 Å². The predicted octanol–water partition coefficient (Wildman–Crippen LogP) is 1.82. The number of anilines is 1. The van der Waals surface area contributed by atoms with Crippen LogP contribution in [0.1, 0.15) is 29.4 Å². The molecule has 0 fully saturated rings. The number of carbonyl (C=O) groups is 1.